The molecule has 1 aromatic carbocycles. The molecule has 104 valence electrons. The summed E-state index contributed by atoms with van der Waals surface area (Å²) in [5, 5.41) is 9.47. The number of benzene rings is 1. The van der Waals surface area contributed by atoms with Crippen molar-refractivity contribution in [2.24, 2.45) is 0 Å². The molecule has 3 aromatic rings. The Labute approximate surface area is 122 Å². The largest absolute Gasteiger partial charge is 0.396 e. The van der Waals surface area contributed by atoms with Gasteiger partial charge in [0.05, 0.1) is 9.99 Å². The van der Waals surface area contributed by atoms with E-state index >= 15 is 0 Å². The third-order valence-electron chi connectivity index (χ3n) is 3.12. The number of hydrogen-bond acceptors (Lipinski definition) is 4. The number of aliphatic hydroxyl groups is 1. The Morgan fingerprint density at radius 2 is 2.15 bits per heavy atom. The van der Waals surface area contributed by atoms with E-state index in [1.54, 1.807) is 6.07 Å². The predicted octanol–water partition coefficient (Wildman–Crippen LogP) is 2.52. The van der Waals surface area contributed by atoms with E-state index in [-0.39, 0.29) is 12.4 Å². The molecule has 0 radical (unpaired) electrons. The van der Waals surface area contributed by atoms with E-state index < -0.39 is 0 Å². The van der Waals surface area contributed by atoms with E-state index in [0.717, 1.165) is 0 Å². The SMILES string of the molecule is Nc1nc2cc(Br)c(F)cc2c2nc(CCCO)[nH]c12. The number of fused-ring (bicyclic) bond motifs is 3. The number of aromatic nitrogens is 3. The second kappa shape index (κ2) is 4.99. The van der Waals surface area contributed by atoms with Crippen LogP contribution in [0.5, 0.6) is 0 Å². The Morgan fingerprint density at radius 3 is 2.90 bits per heavy atom. The zero-order valence-electron chi connectivity index (χ0n) is 10.5. The van der Waals surface area contributed by atoms with Crippen LogP contribution in [0.3, 0.4) is 0 Å². The lowest BCUT2D eigenvalue weighted by molar-refractivity contribution is 0.287. The monoisotopic (exact) mass is 338 g/mol. The van der Waals surface area contributed by atoms with Crippen LogP contribution in [0.25, 0.3) is 21.9 Å². The standard InChI is InChI=1S/C13H12BrFN4O/c14-7-5-9-6(4-8(7)15)11-12(13(16)17-9)19-10(18-11)2-1-3-20/h4-5,20H,1-3H2,(H2,16,17)(H,18,19). The highest BCUT2D eigenvalue weighted by Crippen LogP contribution is 2.29. The van der Waals surface area contributed by atoms with Gasteiger partial charge in [-0.05, 0) is 34.5 Å². The molecule has 0 spiro atoms. The van der Waals surface area contributed by atoms with Gasteiger partial charge in [0.1, 0.15) is 28.5 Å². The molecule has 3 rings (SSSR count). The summed E-state index contributed by atoms with van der Waals surface area (Å²) >= 11 is 3.13. The lowest BCUT2D eigenvalue weighted by Gasteiger charge is -2.02. The Morgan fingerprint density at radius 1 is 1.35 bits per heavy atom. The van der Waals surface area contributed by atoms with Gasteiger partial charge in [-0.15, -0.1) is 0 Å². The second-order valence-electron chi connectivity index (χ2n) is 4.51. The number of rotatable bonds is 3. The quantitative estimate of drug-likeness (QED) is 0.684. The van der Waals surface area contributed by atoms with E-state index in [2.05, 4.69) is 30.9 Å². The van der Waals surface area contributed by atoms with E-state index in [1.165, 1.54) is 6.07 Å². The molecule has 0 unspecified atom stereocenters. The zero-order valence-corrected chi connectivity index (χ0v) is 12.0. The molecule has 7 heteroatoms. The molecule has 0 saturated carbocycles. The van der Waals surface area contributed by atoms with Gasteiger partial charge in [-0.2, -0.15) is 0 Å². The molecular weight excluding hydrogens is 327 g/mol. The summed E-state index contributed by atoms with van der Waals surface area (Å²) in [4.78, 5) is 11.8. The molecule has 0 amide bonds. The van der Waals surface area contributed by atoms with Crippen LogP contribution in [-0.2, 0) is 6.42 Å². The van der Waals surface area contributed by atoms with Gasteiger partial charge in [0.2, 0.25) is 0 Å². The maximum atomic E-state index is 13.7. The lowest BCUT2D eigenvalue weighted by atomic mass is 10.2. The first-order valence-electron chi connectivity index (χ1n) is 6.14. The van der Waals surface area contributed by atoms with Crippen LogP contribution in [0.2, 0.25) is 0 Å². The summed E-state index contributed by atoms with van der Waals surface area (Å²) in [6.07, 6.45) is 1.20. The average Bonchev–Trinajstić information content (AvgIpc) is 2.84. The summed E-state index contributed by atoms with van der Waals surface area (Å²) in [7, 11) is 0. The first-order chi connectivity index (χ1) is 9.60. The number of halogens is 2. The van der Waals surface area contributed by atoms with Crippen molar-refractivity contribution in [3.8, 4) is 0 Å². The van der Waals surface area contributed by atoms with Gasteiger partial charge >= 0.3 is 0 Å². The van der Waals surface area contributed by atoms with Gasteiger partial charge in [0.15, 0.2) is 0 Å². The Hall–Kier alpha value is -1.73. The van der Waals surface area contributed by atoms with Gasteiger partial charge in [-0.3, -0.25) is 0 Å². The average molecular weight is 339 g/mol. The summed E-state index contributed by atoms with van der Waals surface area (Å²) in [6, 6.07) is 2.98. The normalized spacial score (nSPS) is 11.6. The highest BCUT2D eigenvalue weighted by molar-refractivity contribution is 9.10. The fourth-order valence-corrected chi connectivity index (χ4v) is 2.50. The number of pyridine rings is 1. The molecule has 0 aliphatic rings. The fraction of sp³-hybridized carbons (Fsp3) is 0.231. The molecule has 2 heterocycles. The van der Waals surface area contributed by atoms with Crippen LogP contribution in [0.4, 0.5) is 10.2 Å². The third-order valence-corrected chi connectivity index (χ3v) is 3.72. The highest BCUT2D eigenvalue weighted by Gasteiger charge is 2.13. The number of imidazole rings is 1. The van der Waals surface area contributed by atoms with Crippen molar-refractivity contribution in [2.45, 2.75) is 12.8 Å². The number of nitrogens with zero attached hydrogens (tertiary/aromatic N) is 2. The molecule has 0 saturated heterocycles. The topological polar surface area (TPSA) is 87.8 Å². The highest BCUT2D eigenvalue weighted by atomic mass is 79.9. The summed E-state index contributed by atoms with van der Waals surface area (Å²) in [5.41, 5.74) is 7.71. The molecule has 4 N–H and O–H groups in total. The van der Waals surface area contributed by atoms with Gasteiger partial charge < -0.3 is 15.8 Å². The zero-order chi connectivity index (χ0) is 14.3. The number of H-pyrrole nitrogens is 1. The number of aryl methyl sites for hydroxylation is 1. The molecule has 0 atom stereocenters. The Bertz CT molecular complexity index is 802. The molecule has 0 bridgehead atoms. The second-order valence-corrected chi connectivity index (χ2v) is 5.37. The van der Waals surface area contributed by atoms with Crippen molar-refractivity contribution >= 4 is 43.7 Å². The van der Waals surface area contributed by atoms with Gasteiger partial charge in [-0.25, -0.2) is 14.4 Å². The number of anilines is 1. The van der Waals surface area contributed by atoms with E-state index in [9.17, 15) is 4.39 Å². The first-order valence-corrected chi connectivity index (χ1v) is 6.93. The molecule has 20 heavy (non-hydrogen) atoms. The van der Waals surface area contributed by atoms with E-state index in [1.807, 2.05) is 0 Å². The number of aliphatic hydroxyl groups excluding tert-OH is 1. The number of nitrogens with two attached hydrogens (primary N) is 1. The maximum Gasteiger partial charge on any atom is 0.150 e. The Kier molecular flexibility index (Phi) is 3.31. The number of aromatic amines is 1. The minimum atomic E-state index is -0.370. The van der Waals surface area contributed by atoms with E-state index in [4.69, 9.17) is 10.8 Å². The lowest BCUT2D eigenvalue weighted by Crippen LogP contribution is -1.94. The van der Waals surface area contributed by atoms with Gasteiger partial charge in [0, 0.05) is 18.4 Å². The van der Waals surface area contributed by atoms with Crippen molar-refractivity contribution < 1.29 is 9.50 Å². The van der Waals surface area contributed by atoms with Crippen LogP contribution < -0.4 is 5.73 Å². The molecule has 5 nitrogen and oxygen atoms in total. The number of hydrogen-bond donors (Lipinski definition) is 3. The minimum Gasteiger partial charge on any atom is -0.396 e. The third kappa shape index (κ3) is 2.12. The molecule has 2 aromatic heterocycles. The molecular formula is C13H12BrFN4O. The summed E-state index contributed by atoms with van der Waals surface area (Å²) in [6.45, 7) is 0.0904. The first kappa shape index (κ1) is 13.3. The van der Waals surface area contributed by atoms with Crippen LogP contribution in [0.1, 0.15) is 12.2 Å². The van der Waals surface area contributed by atoms with Crippen molar-refractivity contribution in [2.75, 3.05) is 12.3 Å². The predicted molar refractivity (Wildman–Crippen MR) is 78.9 cm³/mol. The van der Waals surface area contributed by atoms with Crippen molar-refractivity contribution in [1.29, 1.82) is 0 Å². The Balaban J connectivity index is 2.28. The smallest absolute Gasteiger partial charge is 0.150 e. The van der Waals surface area contributed by atoms with Gasteiger partial charge in [-0.1, -0.05) is 0 Å². The molecule has 0 aliphatic heterocycles. The van der Waals surface area contributed by atoms with Crippen LogP contribution >= 0.6 is 15.9 Å². The fourth-order valence-electron chi connectivity index (χ4n) is 2.17. The van der Waals surface area contributed by atoms with Crippen LogP contribution in [0, 0.1) is 5.82 Å². The maximum absolute atomic E-state index is 13.7. The van der Waals surface area contributed by atoms with Crippen LogP contribution in [-0.4, -0.2) is 26.7 Å². The van der Waals surface area contributed by atoms with Crippen molar-refractivity contribution in [1.82, 2.24) is 15.0 Å². The number of nitrogen functional groups attached to an aromatic ring is 1. The molecule has 0 aliphatic carbocycles. The van der Waals surface area contributed by atoms with Crippen molar-refractivity contribution in [3.05, 3.63) is 28.2 Å². The molecule has 0 fully saturated rings. The van der Waals surface area contributed by atoms with E-state index in [0.29, 0.717) is 50.9 Å². The number of nitrogens with one attached hydrogen (secondary N) is 1. The van der Waals surface area contributed by atoms with Gasteiger partial charge in [0.25, 0.3) is 0 Å². The summed E-state index contributed by atoms with van der Waals surface area (Å²) < 4.78 is 14.0. The van der Waals surface area contributed by atoms with Crippen molar-refractivity contribution in [3.63, 3.8) is 0 Å². The van der Waals surface area contributed by atoms with Crippen LogP contribution in [0.15, 0.2) is 16.6 Å². The summed E-state index contributed by atoms with van der Waals surface area (Å²) in [5.74, 6) is 0.664. The minimum absolute atomic E-state index is 0.0904.